The molecule has 1 heterocycles. The molecular formula is C26H27N3O3S. The minimum atomic E-state index is -3.89. The molecule has 0 aliphatic carbocycles. The molecule has 1 aliphatic heterocycles. The van der Waals surface area contributed by atoms with Crippen LogP contribution in [0.3, 0.4) is 0 Å². The van der Waals surface area contributed by atoms with Crippen molar-refractivity contribution < 1.29 is 13.2 Å². The summed E-state index contributed by atoms with van der Waals surface area (Å²) in [5.74, 6) is -0.353. The van der Waals surface area contributed by atoms with Crippen LogP contribution in [-0.4, -0.2) is 34.0 Å². The third-order valence-corrected chi connectivity index (χ3v) is 7.41. The van der Waals surface area contributed by atoms with Crippen molar-refractivity contribution >= 4 is 33.0 Å². The third-order valence-electron chi connectivity index (χ3n) is 5.62. The molecule has 0 aromatic heterocycles. The monoisotopic (exact) mass is 461 g/mol. The fraction of sp³-hybridized carbons (Fsp3) is 0.192. The number of para-hydroxylation sites is 3. The predicted octanol–water partition coefficient (Wildman–Crippen LogP) is 4.92. The average Bonchev–Trinajstić information content (AvgIpc) is 3.38. The van der Waals surface area contributed by atoms with E-state index in [1.54, 1.807) is 36.4 Å². The van der Waals surface area contributed by atoms with Crippen LogP contribution < -0.4 is 14.5 Å². The highest BCUT2D eigenvalue weighted by Gasteiger charge is 2.25. The number of amides is 1. The Hall–Kier alpha value is -3.58. The minimum absolute atomic E-state index is 0.0497. The van der Waals surface area contributed by atoms with Gasteiger partial charge in [0.25, 0.3) is 15.9 Å². The molecule has 1 fully saturated rings. The van der Waals surface area contributed by atoms with E-state index >= 15 is 0 Å². The van der Waals surface area contributed by atoms with Crippen LogP contribution in [0.25, 0.3) is 0 Å². The number of anilines is 3. The molecule has 0 atom stereocenters. The van der Waals surface area contributed by atoms with Gasteiger partial charge in [-0.1, -0.05) is 42.5 Å². The van der Waals surface area contributed by atoms with Crippen LogP contribution in [0.2, 0.25) is 0 Å². The number of rotatable bonds is 8. The summed E-state index contributed by atoms with van der Waals surface area (Å²) in [7, 11) is -3.89. The van der Waals surface area contributed by atoms with Gasteiger partial charge in [0.15, 0.2) is 0 Å². The van der Waals surface area contributed by atoms with Gasteiger partial charge in [-0.15, -0.1) is 6.58 Å². The smallest absolute Gasteiger partial charge is 0.264 e. The van der Waals surface area contributed by atoms with Crippen LogP contribution in [0.5, 0.6) is 0 Å². The molecule has 1 aliphatic rings. The van der Waals surface area contributed by atoms with Gasteiger partial charge in [-0.05, 0) is 55.3 Å². The number of benzene rings is 3. The van der Waals surface area contributed by atoms with Crippen LogP contribution >= 0.6 is 0 Å². The van der Waals surface area contributed by atoms with Gasteiger partial charge < -0.3 is 10.2 Å². The van der Waals surface area contributed by atoms with Crippen LogP contribution in [0.15, 0.2) is 96.4 Å². The number of carbonyl (C=O) groups excluding carboxylic acids is 1. The van der Waals surface area contributed by atoms with Crippen LogP contribution in [0.4, 0.5) is 17.1 Å². The van der Waals surface area contributed by atoms with Crippen molar-refractivity contribution in [3.63, 3.8) is 0 Å². The maximum atomic E-state index is 13.4. The molecule has 1 amide bonds. The molecule has 3 aromatic rings. The van der Waals surface area contributed by atoms with Crippen molar-refractivity contribution in [2.45, 2.75) is 17.7 Å². The Morgan fingerprint density at radius 2 is 1.67 bits per heavy atom. The summed E-state index contributed by atoms with van der Waals surface area (Å²) < 4.78 is 28.1. The first-order valence-electron chi connectivity index (χ1n) is 10.9. The van der Waals surface area contributed by atoms with Crippen molar-refractivity contribution in [2.75, 3.05) is 34.2 Å². The standard InChI is InChI=1S/C26H27N3O3S/c1-2-17-29(22-12-4-3-5-13-22)33(31,32)23-14-10-11-21(20-23)26(30)27-24-15-6-7-16-25(24)28-18-8-9-19-28/h2-7,10-16,20H,1,8-9,17-19H2,(H,27,30). The molecule has 0 saturated carbocycles. The maximum Gasteiger partial charge on any atom is 0.264 e. The number of nitrogens with zero attached hydrogens (tertiary/aromatic N) is 2. The SMILES string of the molecule is C=CCN(c1ccccc1)S(=O)(=O)c1cccc(C(=O)Nc2ccccc2N2CCCC2)c1. The molecule has 3 aromatic carbocycles. The van der Waals surface area contributed by atoms with E-state index in [0.717, 1.165) is 37.3 Å². The molecule has 0 unspecified atom stereocenters. The van der Waals surface area contributed by atoms with E-state index in [1.165, 1.54) is 22.5 Å². The van der Waals surface area contributed by atoms with Crippen molar-refractivity contribution in [2.24, 2.45) is 0 Å². The van der Waals surface area contributed by atoms with Crippen LogP contribution in [0.1, 0.15) is 23.2 Å². The molecule has 0 radical (unpaired) electrons. The molecule has 1 N–H and O–H groups in total. The second-order valence-electron chi connectivity index (χ2n) is 7.85. The van der Waals surface area contributed by atoms with Crippen LogP contribution in [0, 0.1) is 0 Å². The van der Waals surface area contributed by atoms with Crippen LogP contribution in [-0.2, 0) is 10.0 Å². The lowest BCUT2D eigenvalue weighted by Gasteiger charge is -2.23. The molecule has 7 heteroatoms. The molecule has 4 rings (SSSR count). The summed E-state index contributed by atoms with van der Waals surface area (Å²) in [5, 5.41) is 2.96. The summed E-state index contributed by atoms with van der Waals surface area (Å²) in [5.41, 5.74) is 2.51. The summed E-state index contributed by atoms with van der Waals surface area (Å²) >= 11 is 0. The lowest BCUT2D eigenvalue weighted by molar-refractivity contribution is 0.102. The molecule has 6 nitrogen and oxygen atoms in total. The zero-order valence-electron chi connectivity index (χ0n) is 18.4. The summed E-state index contributed by atoms with van der Waals surface area (Å²) in [4.78, 5) is 15.4. The van der Waals surface area contributed by atoms with Crippen molar-refractivity contribution in [3.05, 3.63) is 97.1 Å². The fourth-order valence-electron chi connectivity index (χ4n) is 3.99. The van der Waals surface area contributed by atoms with Gasteiger partial charge >= 0.3 is 0 Å². The van der Waals surface area contributed by atoms with Gasteiger partial charge in [-0.3, -0.25) is 9.10 Å². The van der Waals surface area contributed by atoms with Crippen molar-refractivity contribution in [1.29, 1.82) is 0 Å². The Morgan fingerprint density at radius 1 is 0.970 bits per heavy atom. The lowest BCUT2D eigenvalue weighted by Crippen LogP contribution is -2.31. The highest BCUT2D eigenvalue weighted by atomic mass is 32.2. The minimum Gasteiger partial charge on any atom is -0.370 e. The first-order chi connectivity index (χ1) is 16.0. The molecule has 0 bridgehead atoms. The topological polar surface area (TPSA) is 69.7 Å². The van der Waals surface area contributed by atoms with E-state index in [-0.39, 0.29) is 22.9 Å². The fourth-order valence-corrected chi connectivity index (χ4v) is 5.47. The van der Waals surface area contributed by atoms with E-state index in [1.807, 2.05) is 30.3 Å². The summed E-state index contributed by atoms with van der Waals surface area (Å²) in [6.45, 7) is 5.72. The lowest BCUT2D eigenvalue weighted by atomic mass is 10.2. The first kappa shape index (κ1) is 22.6. The molecule has 0 spiro atoms. The summed E-state index contributed by atoms with van der Waals surface area (Å²) in [6, 6.07) is 22.7. The number of carbonyl (C=O) groups is 1. The normalized spacial score (nSPS) is 13.5. The van der Waals surface area contributed by atoms with Crippen molar-refractivity contribution in [3.8, 4) is 0 Å². The number of hydrogen-bond acceptors (Lipinski definition) is 4. The van der Waals surface area contributed by atoms with Gasteiger partial charge in [0.05, 0.1) is 28.5 Å². The van der Waals surface area contributed by atoms with Gasteiger partial charge in [-0.2, -0.15) is 0 Å². The Bertz CT molecular complexity index is 1240. The second-order valence-corrected chi connectivity index (χ2v) is 9.72. The van der Waals surface area contributed by atoms with Gasteiger partial charge in [0.1, 0.15) is 0 Å². The number of hydrogen-bond donors (Lipinski definition) is 1. The van der Waals surface area contributed by atoms with E-state index in [0.29, 0.717) is 5.69 Å². The van der Waals surface area contributed by atoms with Gasteiger partial charge in [0.2, 0.25) is 0 Å². The van der Waals surface area contributed by atoms with Gasteiger partial charge in [-0.25, -0.2) is 8.42 Å². The Balaban J connectivity index is 1.61. The predicted molar refractivity (Wildman–Crippen MR) is 133 cm³/mol. The number of sulfonamides is 1. The summed E-state index contributed by atoms with van der Waals surface area (Å²) in [6.07, 6.45) is 3.80. The maximum absolute atomic E-state index is 13.4. The van der Waals surface area contributed by atoms with Gasteiger partial charge in [0, 0.05) is 18.7 Å². The van der Waals surface area contributed by atoms with E-state index in [9.17, 15) is 13.2 Å². The first-order valence-corrected chi connectivity index (χ1v) is 12.4. The quantitative estimate of drug-likeness (QED) is 0.484. The Labute approximate surface area is 195 Å². The van der Waals surface area contributed by atoms with E-state index in [2.05, 4.69) is 16.8 Å². The zero-order chi connectivity index (χ0) is 23.3. The molecule has 170 valence electrons. The number of nitrogens with one attached hydrogen (secondary N) is 1. The average molecular weight is 462 g/mol. The zero-order valence-corrected chi connectivity index (χ0v) is 19.2. The Kier molecular flexibility index (Phi) is 6.79. The molecule has 1 saturated heterocycles. The highest BCUT2D eigenvalue weighted by molar-refractivity contribution is 7.92. The highest BCUT2D eigenvalue weighted by Crippen LogP contribution is 2.29. The largest absolute Gasteiger partial charge is 0.370 e. The molecular weight excluding hydrogens is 434 g/mol. The molecule has 33 heavy (non-hydrogen) atoms. The van der Waals surface area contributed by atoms with E-state index < -0.39 is 10.0 Å². The van der Waals surface area contributed by atoms with E-state index in [4.69, 9.17) is 0 Å². The van der Waals surface area contributed by atoms with Crippen molar-refractivity contribution in [1.82, 2.24) is 0 Å². The third kappa shape index (κ3) is 4.93. The Morgan fingerprint density at radius 3 is 2.39 bits per heavy atom. The second kappa shape index (κ2) is 9.92.